The quantitative estimate of drug-likeness (QED) is 0.727. The highest BCUT2D eigenvalue weighted by atomic mass is 16.2. The summed E-state index contributed by atoms with van der Waals surface area (Å²) in [5.41, 5.74) is 5.84. The summed E-state index contributed by atoms with van der Waals surface area (Å²) in [6.07, 6.45) is 1.46. The van der Waals surface area contributed by atoms with E-state index >= 15 is 0 Å². The number of piperidine rings is 1. The van der Waals surface area contributed by atoms with Crippen LogP contribution in [0.1, 0.15) is 26.7 Å². The van der Waals surface area contributed by atoms with Crippen molar-refractivity contribution >= 4 is 11.8 Å². The summed E-state index contributed by atoms with van der Waals surface area (Å²) in [6, 6.07) is -0.424. The summed E-state index contributed by atoms with van der Waals surface area (Å²) >= 11 is 0. The van der Waals surface area contributed by atoms with Gasteiger partial charge in [-0.25, -0.2) is 0 Å². The van der Waals surface area contributed by atoms with Gasteiger partial charge in [0.2, 0.25) is 11.8 Å². The molecule has 1 aliphatic heterocycles. The smallest absolute Gasteiger partial charge is 0.239 e. The molecule has 5 nitrogen and oxygen atoms in total. The molecule has 3 N–H and O–H groups in total. The first-order chi connectivity index (χ1) is 7.97. The molecule has 0 bridgehead atoms. The van der Waals surface area contributed by atoms with Gasteiger partial charge in [0.25, 0.3) is 0 Å². The largest absolute Gasteiger partial charge is 0.359 e. The molecule has 0 aromatic heterocycles. The third-order valence-electron chi connectivity index (χ3n) is 3.43. The molecule has 0 aromatic rings. The lowest BCUT2D eigenvalue weighted by Crippen LogP contribution is -2.50. The van der Waals surface area contributed by atoms with Crippen molar-refractivity contribution in [2.45, 2.75) is 32.7 Å². The molecule has 98 valence electrons. The van der Waals surface area contributed by atoms with Gasteiger partial charge >= 0.3 is 0 Å². The van der Waals surface area contributed by atoms with Crippen molar-refractivity contribution in [3.05, 3.63) is 0 Å². The van der Waals surface area contributed by atoms with E-state index in [2.05, 4.69) is 5.32 Å². The number of nitrogens with two attached hydrogens (primary N) is 1. The van der Waals surface area contributed by atoms with E-state index in [0.29, 0.717) is 13.1 Å². The van der Waals surface area contributed by atoms with Crippen LogP contribution in [0.3, 0.4) is 0 Å². The first-order valence-electron chi connectivity index (χ1n) is 6.23. The van der Waals surface area contributed by atoms with Gasteiger partial charge in [0.15, 0.2) is 0 Å². The zero-order chi connectivity index (χ0) is 13.0. The fourth-order valence-corrected chi connectivity index (χ4v) is 2.06. The van der Waals surface area contributed by atoms with Crippen molar-refractivity contribution in [3.8, 4) is 0 Å². The van der Waals surface area contributed by atoms with Crippen LogP contribution in [0.5, 0.6) is 0 Å². The molecule has 0 saturated carbocycles. The van der Waals surface area contributed by atoms with E-state index in [-0.39, 0.29) is 23.7 Å². The molecule has 1 aliphatic rings. The molecule has 0 radical (unpaired) electrons. The van der Waals surface area contributed by atoms with Crippen LogP contribution in [-0.2, 0) is 9.59 Å². The molecular weight excluding hydrogens is 218 g/mol. The van der Waals surface area contributed by atoms with E-state index in [9.17, 15) is 9.59 Å². The van der Waals surface area contributed by atoms with Gasteiger partial charge in [-0.1, -0.05) is 13.8 Å². The molecule has 1 fully saturated rings. The molecule has 0 unspecified atom stereocenters. The predicted molar refractivity (Wildman–Crippen MR) is 66.2 cm³/mol. The van der Waals surface area contributed by atoms with Gasteiger partial charge in [0.05, 0.1) is 6.04 Å². The van der Waals surface area contributed by atoms with Crippen molar-refractivity contribution < 1.29 is 9.59 Å². The normalized spacial score (nSPS) is 19.2. The highest BCUT2D eigenvalue weighted by molar-refractivity contribution is 5.83. The van der Waals surface area contributed by atoms with Gasteiger partial charge in [0, 0.05) is 26.1 Å². The summed E-state index contributed by atoms with van der Waals surface area (Å²) in [4.78, 5) is 25.2. The molecule has 1 saturated heterocycles. The number of amides is 2. The van der Waals surface area contributed by atoms with Crippen LogP contribution in [0.2, 0.25) is 0 Å². The molecule has 2 amide bonds. The summed E-state index contributed by atoms with van der Waals surface area (Å²) < 4.78 is 0. The molecule has 0 aliphatic carbocycles. The van der Waals surface area contributed by atoms with Crippen molar-refractivity contribution in [1.82, 2.24) is 10.2 Å². The number of nitrogens with one attached hydrogen (secondary N) is 1. The lowest BCUT2D eigenvalue weighted by molar-refractivity contribution is -0.137. The number of hydrogen-bond donors (Lipinski definition) is 2. The predicted octanol–water partition coefficient (Wildman–Crippen LogP) is -0.0457. The topological polar surface area (TPSA) is 75.4 Å². The minimum Gasteiger partial charge on any atom is -0.359 e. The Kier molecular flexibility index (Phi) is 4.93. The second-order valence-electron chi connectivity index (χ2n) is 4.98. The molecule has 1 rings (SSSR count). The van der Waals surface area contributed by atoms with Crippen molar-refractivity contribution in [1.29, 1.82) is 0 Å². The molecule has 0 aromatic carbocycles. The number of carbonyl (C=O) groups excluding carboxylic acids is 2. The van der Waals surface area contributed by atoms with Crippen LogP contribution in [0, 0.1) is 11.8 Å². The Hall–Kier alpha value is -1.10. The summed E-state index contributed by atoms with van der Waals surface area (Å²) in [5, 5.41) is 2.65. The van der Waals surface area contributed by atoms with Gasteiger partial charge in [-0.2, -0.15) is 0 Å². The van der Waals surface area contributed by atoms with Gasteiger partial charge in [-0.15, -0.1) is 0 Å². The van der Waals surface area contributed by atoms with Crippen molar-refractivity contribution in [3.63, 3.8) is 0 Å². The molecule has 5 heteroatoms. The Morgan fingerprint density at radius 3 is 2.24 bits per heavy atom. The van der Waals surface area contributed by atoms with Crippen molar-refractivity contribution in [2.75, 3.05) is 20.1 Å². The minimum atomic E-state index is -0.424. The highest BCUT2D eigenvalue weighted by Gasteiger charge is 2.29. The number of hydrogen-bond acceptors (Lipinski definition) is 3. The fourth-order valence-electron chi connectivity index (χ4n) is 2.06. The van der Waals surface area contributed by atoms with Crippen LogP contribution < -0.4 is 11.1 Å². The maximum Gasteiger partial charge on any atom is 0.239 e. The second kappa shape index (κ2) is 6.00. The van der Waals surface area contributed by atoms with E-state index in [1.807, 2.05) is 13.8 Å². The zero-order valence-corrected chi connectivity index (χ0v) is 10.9. The molecule has 1 atom stereocenters. The average molecular weight is 241 g/mol. The molecule has 17 heavy (non-hydrogen) atoms. The Morgan fingerprint density at radius 2 is 1.82 bits per heavy atom. The Balaban J connectivity index is 2.47. The van der Waals surface area contributed by atoms with E-state index < -0.39 is 6.04 Å². The zero-order valence-electron chi connectivity index (χ0n) is 10.9. The Labute approximate surface area is 103 Å². The van der Waals surface area contributed by atoms with Crippen molar-refractivity contribution in [2.24, 2.45) is 17.6 Å². The maximum atomic E-state index is 12.0. The standard InChI is InChI=1S/C12H23N3O2/c1-8(2)10(13)12(17)15-6-4-9(5-7-15)11(16)14-3/h8-10H,4-7,13H2,1-3H3,(H,14,16)/t10-/m0/s1. The van der Waals surface area contributed by atoms with E-state index in [4.69, 9.17) is 5.73 Å². The Morgan fingerprint density at radius 1 is 1.29 bits per heavy atom. The molecule has 0 spiro atoms. The second-order valence-corrected chi connectivity index (χ2v) is 4.98. The van der Waals surface area contributed by atoms with Crippen LogP contribution in [0.25, 0.3) is 0 Å². The fraction of sp³-hybridized carbons (Fsp3) is 0.833. The summed E-state index contributed by atoms with van der Waals surface area (Å²) in [6.45, 7) is 5.16. The maximum absolute atomic E-state index is 12.0. The lowest BCUT2D eigenvalue weighted by Gasteiger charge is -2.33. The first-order valence-corrected chi connectivity index (χ1v) is 6.23. The van der Waals surface area contributed by atoms with Crippen LogP contribution in [0.4, 0.5) is 0 Å². The highest BCUT2D eigenvalue weighted by Crippen LogP contribution is 2.18. The van der Waals surface area contributed by atoms with Gasteiger partial charge in [-0.3, -0.25) is 9.59 Å². The third-order valence-corrected chi connectivity index (χ3v) is 3.43. The molecular formula is C12H23N3O2. The minimum absolute atomic E-state index is 0.00959. The number of carbonyl (C=O) groups is 2. The third kappa shape index (κ3) is 3.43. The monoisotopic (exact) mass is 241 g/mol. The molecule has 1 heterocycles. The number of likely N-dealkylation sites (tertiary alicyclic amines) is 1. The number of rotatable bonds is 3. The van der Waals surface area contributed by atoms with E-state index in [1.54, 1.807) is 11.9 Å². The first kappa shape index (κ1) is 14.0. The van der Waals surface area contributed by atoms with Gasteiger partial charge < -0.3 is 16.0 Å². The number of nitrogens with zero attached hydrogens (tertiary/aromatic N) is 1. The van der Waals surface area contributed by atoms with E-state index in [1.165, 1.54) is 0 Å². The lowest BCUT2D eigenvalue weighted by atomic mass is 9.94. The van der Waals surface area contributed by atoms with E-state index in [0.717, 1.165) is 12.8 Å². The van der Waals surface area contributed by atoms with Crippen LogP contribution in [0.15, 0.2) is 0 Å². The van der Waals surface area contributed by atoms with Gasteiger partial charge in [-0.05, 0) is 18.8 Å². The Bertz CT molecular complexity index is 283. The summed E-state index contributed by atoms with van der Waals surface area (Å²) in [5.74, 6) is 0.277. The summed E-state index contributed by atoms with van der Waals surface area (Å²) in [7, 11) is 1.65. The van der Waals surface area contributed by atoms with Crippen LogP contribution >= 0.6 is 0 Å². The average Bonchev–Trinajstić information content (AvgIpc) is 2.36. The SMILES string of the molecule is CNC(=O)C1CCN(C(=O)[C@@H](N)C(C)C)CC1. The van der Waals surface area contributed by atoms with Crippen LogP contribution in [-0.4, -0.2) is 42.9 Å². The van der Waals surface area contributed by atoms with Gasteiger partial charge in [0.1, 0.15) is 0 Å².